The van der Waals surface area contributed by atoms with Gasteiger partial charge in [0.1, 0.15) is 11.5 Å². The van der Waals surface area contributed by atoms with Gasteiger partial charge in [0.05, 0.1) is 30.0 Å². The smallest absolute Gasteiger partial charge is 0.274 e. The molecule has 0 aliphatic rings. The number of pyridine rings is 1. The van der Waals surface area contributed by atoms with Gasteiger partial charge in [-0.3, -0.25) is 9.78 Å². The number of rotatable bonds is 5. The first-order valence-electron chi connectivity index (χ1n) is 8.79. The summed E-state index contributed by atoms with van der Waals surface area (Å²) >= 11 is 0. The highest BCUT2D eigenvalue weighted by atomic mass is 16.2. The number of amides is 1. The molecule has 8 nitrogen and oxygen atoms in total. The van der Waals surface area contributed by atoms with Gasteiger partial charge in [0, 0.05) is 18.3 Å². The van der Waals surface area contributed by atoms with Crippen molar-refractivity contribution in [2.45, 2.75) is 39.8 Å². The fourth-order valence-electron chi connectivity index (χ4n) is 3.01. The van der Waals surface area contributed by atoms with Gasteiger partial charge in [0.2, 0.25) is 0 Å². The van der Waals surface area contributed by atoms with Crippen molar-refractivity contribution in [3.63, 3.8) is 0 Å². The van der Waals surface area contributed by atoms with Crippen molar-refractivity contribution in [2.75, 3.05) is 5.73 Å². The molecule has 3 aromatic rings. The molecule has 0 aromatic carbocycles. The largest absolute Gasteiger partial charge is 0.382 e. The highest BCUT2D eigenvalue weighted by molar-refractivity contribution is 5.94. The summed E-state index contributed by atoms with van der Waals surface area (Å²) in [7, 11) is 0. The summed E-state index contributed by atoms with van der Waals surface area (Å²) in [4.78, 5) is 27.5. The maximum atomic E-state index is 13.1. The minimum atomic E-state index is -0.132. The molecule has 0 bridgehead atoms. The quantitative estimate of drug-likeness (QED) is 0.745. The molecule has 0 fully saturated rings. The first-order chi connectivity index (χ1) is 12.9. The van der Waals surface area contributed by atoms with E-state index in [2.05, 4.69) is 20.1 Å². The van der Waals surface area contributed by atoms with Gasteiger partial charge in [-0.15, -0.1) is 0 Å². The molecule has 0 spiro atoms. The number of nitrogen functional groups attached to an aromatic ring is 1. The lowest BCUT2D eigenvalue weighted by molar-refractivity contribution is 0.0637. The van der Waals surface area contributed by atoms with Crippen LogP contribution in [0.1, 0.15) is 38.2 Å². The van der Waals surface area contributed by atoms with Gasteiger partial charge < -0.3 is 10.6 Å². The maximum Gasteiger partial charge on any atom is 0.274 e. The summed E-state index contributed by atoms with van der Waals surface area (Å²) in [5.41, 5.74) is 7.93. The Hall–Kier alpha value is -3.29. The number of nitrogens with zero attached hydrogens (tertiary/aromatic N) is 6. The third-order valence-corrected chi connectivity index (χ3v) is 4.10. The van der Waals surface area contributed by atoms with Crippen molar-refractivity contribution in [1.29, 1.82) is 0 Å². The number of hydrogen-bond acceptors (Lipinski definition) is 6. The Kier molecular flexibility index (Phi) is 5.16. The lowest BCUT2D eigenvalue weighted by Gasteiger charge is -2.29. The van der Waals surface area contributed by atoms with E-state index in [1.54, 1.807) is 34.2 Å². The Morgan fingerprint density at radius 1 is 1.11 bits per heavy atom. The van der Waals surface area contributed by atoms with Crippen LogP contribution in [0.2, 0.25) is 0 Å². The van der Waals surface area contributed by atoms with Crippen LogP contribution in [0.25, 0.3) is 17.1 Å². The minimum absolute atomic E-state index is 0.0563. The molecule has 3 rings (SSSR count). The molecule has 140 valence electrons. The van der Waals surface area contributed by atoms with Crippen LogP contribution in [0.3, 0.4) is 0 Å². The Labute approximate surface area is 158 Å². The van der Waals surface area contributed by atoms with Gasteiger partial charge in [-0.2, -0.15) is 5.10 Å². The fourth-order valence-corrected chi connectivity index (χ4v) is 3.01. The average Bonchev–Trinajstić information content (AvgIpc) is 3.08. The molecule has 8 heteroatoms. The molecule has 0 aliphatic heterocycles. The van der Waals surface area contributed by atoms with Gasteiger partial charge in [0.25, 0.3) is 5.91 Å². The highest BCUT2D eigenvalue weighted by Gasteiger charge is 2.26. The van der Waals surface area contributed by atoms with Crippen LogP contribution in [0, 0.1) is 0 Å². The van der Waals surface area contributed by atoms with E-state index >= 15 is 0 Å². The molecule has 0 unspecified atom stereocenters. The standard InChI is InChI=1S/C19H23N7O/c1-12(2)25(13(3)4)19(27)15-8-17(16-10-23-18(20)11-22-16)26(24-15)14-6-5-7-21-9-14/h5-13H,1-4H3,(H2,20,23). The van der Waals surface area contributed by atoms with Gasteiger partial charge in [-0.05, 0) is 45.9 Å². The minimum Gasteiger partial charge on any atom is -0.382 e. The van der Waals surface area contributed by atoms with E-state index in [4.69, 9.17) is 5.73 Å². The third-order valence-electron chi connectivity index (χ3n) is 4.10. The lowest BCUT2D eigenvalue weighted by Crippen LogP contribution is -2.42. The normalized spacial score (nSPS) is 11.2. The van der Waals surface area contributed by atoms with Gasteiger partial charge >= 0.3 is 0 Å². The second kappa shape index (κ2) is 7.53. The van der Waals surface area contributed by atoms with E-state index in [0.717, 1.165) is 5.69 Å². The van der Waals surface area contributed by atoms with E-state index < -0.39 is 0 Å². The molecule has 0 atom stereocenters. The van der Waals surface area contributed by atoms with Crippen molar-refractivity contribution in [3.05, 3.63) is 48.7 Å². The monoisotopic (exact) mass is 365 g/mol. The number of anilines is 1. The molecule has 0 saturated carbocycles. The second-order valence-corrected chi connectivity index (χ2v) is 6.76. The fraction of sp³-hybridized carbons (Fsp3) is 0.316. The number of nitrogens with two attached hydrogens (primary N) is 1. The van der Waals surface area contributed by atoms with Crippen LogP contribution in [-0.2, 0) is 0 Å². The van der Waals surface area contributed by atoms with Crippen LogP contribution in [0.5, 0.6) is 0 Å². The van der Waals surface area contributed by atoms with E-state index in [-0.39, 0.29) is 18.0 Å². The zero-order valence-corrected chi connectivity index (χ0v) is 15.9. The number of carbonyl (C=O) groups is 1. The second-order valence-electron chi connectivity index (χ2n) is 6.76. The van der Waals surface area contributed by atoms with Gasteiger partial charge in [-0.25, -0.2) is 14.6 Å². The first kappa shape index (κ1) is 18.5. The maximum absolute atomic E-state index is 13.1. The molecule has 0 radical (unpaired) electrons. The van der Waals surface area contributed by atoms with Crippen LogP contribution in [0.4, 0.5) is 5.82 Å². The number of hydrogen-bond donors (Lipinski definition) is 1. The predicted octanol–water partition coefficient (Wildman–Crippen LogP) is 2.57. The van der Waals surface area contributed by atoms with Crippen LogP contribution in [-0.4, -0.2) is 47.6 Å². The molecule has 3 aromatic heterocycles. The molecule has 27 heavy (non-hydrogen) atoms. The van der Waals surface area contributed by atoms with Crippen LogP contribution in [0.15, 0.2) is 43.0 Å². The van der Waals surface area contributed by atoms with E-state index in [1.807, 2.05) is 39.8 Å². The molecule has 3 heterocycles. The summed E-state index contributed by atoms with van der Waals surface area (Å²) in [6, 6.07) is 5.52. The van der Waals surface area contributed by atoms with Crippen molar-refractivity contribution in [3.8, 4) is 17.1 Å². The first-order valence-corrected chi connectivity index (χ1v) is 8.79. The number of carbonyl (C=O) groups excluding carboxylic acids is 1. The lowest BCUT2D eigenvalue weighted by atomic mass is 10.2. The molecule has 0 saturated heterocycles. The Morgan fingerprint density at radius 2 is 1.85 bits per heavy atom. The van der Waals surface area contributed by atoms with Crippen LogP contribution >= 0.6 is 0 Å². The van der Waals surface area contributed by atoms with Crippen molar-refractivity contribution in [1.82, 2.24) is 29.6 Å². The van der Waals surface area contributed by atoms with E-state index in [9.17, 15) is 4.79 Å². The average molecular weight is 365 g/mol. The Balaban J connectivity index is 2.12. The molecule has 0 aliphatic carbocycles. The predicted molar refractivity (Wildman–Crippen MR) is 103 cm³/mol. The summed E-state index contributed by atoms with van der Waals surface area (Å²) in [6.07, 6.45) is 6.40. The third kappa shape index (κ3) is 3.79. The number of aromatic nitrogens is 5. The zero-order valence-electron chi connectivity index (χ0n) is 15.9. The van der Waals surface area contributed by atoms with Crippen molar-refractivity contribution in [2.24, 2.45) is 0 Å². The highest BCUT2D eigenvalue weighted by Crippen LogP contribution is 2.23. The van der Waals surface area contributed by atoms with Gasteiger partial charge in [0.15, 0.2) is 5.69 Å². The van der Waals surface area contributed by atoms with Crippen molar-refractivity contribution < 1.29 is 4.79 Å². The Morgan fingerprint density at radius 3 is 2.41 bits per heavy atom. The molecular formula is C19H23N7O. The van der Waals surface area contributed by atoms with E-state index in [1.165, 1.54) is 6.20 Å². The zero-order chi connectivity index (χ0) is 19.6. The topological polar surface area (TPSA) is 103 Å². The summed E-state index contributed by atoms with van der Waals surface area (Å²) < 4.78 is 1.65. The van der Waals surface area contributed by atoms with E-state index in [0.29, 0.717) is 22.9 Å². The SMILES string of the molecule is CC(C)N(C(=O)c1cc(-c2cnc(N)cn2)n(-c2cccnc2)n1)C(C)C. The molecular weight excluding hydrogens is 342 g/mol. The molecule has 1 amide bonds. The summed E-state index contributed by atoms with van der Waals surface area (Å²) in [5, 5.41) is 4.55. The summed E-state index contributed by atoms with van der Waals surface area (Å²) in [5.74, 6) is 0.195. The Bertz CT molecular complexity index is 909. The molecule has 2 N–H and O–H groups in total. The van der Waals surface area contributed by atoms with Gasteiger partial charge in [-0.1, -0.05) is 0 Å². The van der Waals surface area contributed by atoms with Crippen molar-refractivity contribution >= 4 is 11.7 Å². The van der Waals surface area contributed by atoms with Crippen LogP contribution < -0.4 is 5.73 Å². The summed E-state index contributed by atoms with van der Waals surface area (Å²) in [6.45, 7) is 7.95.